The largest absolute Gasteiger partial charge is 0.486 e. The van der Waals surface area contributed by atoms with E-state index in [0.717, 1.165) is 6.29 Å². The SMILES string of the molecule is O=CC1(CCl)CC=CO1. The van der Waals surface area contributed by atoms with Crippen molar-refractivity contribution in [3.05, 3.63) is 12.3 Å². The zero-order valence-electron chi connectivity index (χ0n) is 4.84. The zero-order chi connectivity index (χ0) is 6.74. The van der Waals surface area contributed by atoms with Gasteiger partial charge in [0.15, 0.2) is 11.9 Å². The summed E-state index contributed by atoms with van der Waals surface area (Å²) in [6, 6.07) is 0. The Hall–Kier alpha value is -0.500. The summed E-state index contributed by atoms with van der Waals surface area (Å²) >= 11 is 5.47. The molecule has 0 spiro atoms. The number of halogens is 1. The van der Waals surface area contributed by atoms with E-state index in [2.05, 4.69) is 0 Å². The highest BCUT2D eigenvalue weighted by molar-refractivity contribution is 6.19. The first kappa shape index (κ1) is 6.62. The van der Waals surface area contributed by atoms with Gasteiger partial charge >= 0.3 is 0 Å². The Morgan fingerprint density at radius 1 is 1.89 bits per heavy atom. The van der Waals surface area contributed by atoms with Crippen molar-refractivity contribution in [1.82, 2.24) is 0 Å². The number of aldehydes is 1. The molecule has 0 radical (unpaired) electrons. The fourth-order valence-corrected chi connectivity index (χ4v) is 0.908. The van der Waals surface area contributed by atoms with Gasteiger partial charge in [-0.05, 0) is 6.08 Å². The number of carbonyl (C=O) groups excluding carboxylic acids is 1. The van der Waals surface area contributed by atoms with Crippen LogP contribution in [0.2, 0.25) is 0 Å². The highest BCUT2D eigenvalue weighted by atomic mass is 35.5. The molecular weight excluding hydrogens is 140 g/mol. The molecule has 0 bridgehead atoms. The van der Waals surface area contributed by atoms with E-state index in [9.17, 15) is 4.79 Å². The molecule has 0 fully saturated rings. The van der Waals surface area contributed by atoms with Crippen molar-refractivity contribution in [2.75, 3.05) is 5.88 Å². The number of ether oxygens (including phenoxy) is 1. The molecular formula is C6H7ClO2. The average molecular weight is 147 g/mol. The lowest BCUT2D eigenvalue weighted by Gasteiger charge is -2.17. The van der Waals surface area contributed by atoms with Crippen molar-refractivity contribution in [2.24, 2.45) is 0 Å². The molecule has 9 heavy (non-hydrogen) atoms. The summed E-state index contributed by atoms with van der Waals surface area (Å²) in [6.07, 6.45) is 4.65. The molecule has 0 saturated carbocycles. The highest BCUT2D eigenvalue weighted by Gasteiger charge is 2.31. The predicted octanol–water partition coefficient (Wildman–Crippen LogP) is 1.10. The Morgan fingerprint density at radius 3 is 2.89 bits per heavy atom. The van der Waals surface area contributed by atoms with Gasteiger partial charge in [-0.25, -0.2) is 0 Å². The minimum Gasteiger partial charge on any atom is -0.486 e. The van der Waals surface area contributed by atoms with Gasteiger partial charge < -0.3 is 4.74 Å². The average Bonchev–Trinajstić information content (AvgIpc) is 2.36. The Kier molecular flexibility index (Phi) is 1.76. The summed E-state index contributed by atoms with van der Waals surface area (Å²) in [5.41, 5.74) is -0.748. The van der Waals surface area contributed by atoms with E-state index in [-0.39, 0.29) is 5.88 Å². The van der Waals surface area contributed by atoms with Crippen molar-refractivity contribution < 1.29 is 9.53 Å². The van der Waals surface area contributed by atoms with E-state index in [0.29, 0.717) is 6.42 Å². The van der Waals surface area contributed by atoms with Crippen LogP contribution in [0.5, 0.6) is 0 Å². The van der Waals surface area contributed by atoms with E-state index in [1.807, 2.05) is 0 Å². The van der Waals surface area contributed by atoms with Crippen LogP contribution in [0, 0.1) is 0 Å². The van der Waals surface area contributed by atoms with E-state index in [1.54, 1.807) is 6.08 Å². The second kappa shape index (κ2) is 2.40. The smallest absolute Gasteiger partial charge is 0.180 e. The number of carbonyl (C=O) groups is 1. The quantitative estimate of drug-likeness (QED) is 0.431. The third-order valence-corrected chi connectivity index (χ3v) is 1.76. The molecule has 1 unspecified atom stereocenters. The van der Waals surface area contributed by atoms with E-state index >= 15 is 0 Å². The van der Waals surface area contributed by atoms with Crippen molar-refractivity contribution >= 4 is 17.9 Å². The maximum atomic E-state index is 10.3. The second-order valence-electron chi connectivity index (χ2n) is 2.01. The van der Waals surface area contributed by atoms with Crippen molar-refractivity contribution in [3.8, 4) is 0 Å². The van der Waals surface area contributed by atoms with Crippen molar-refractivity contribution in [2.45, 2.75) is 12.0 Å². The first-order chi connectivity index (χ1) is 4.33. The monoisotopic (exact) mass is 146 g/mol. The van der Waals surface area contributed by atoms with Crippen LogP contribution >= 0.6 is 11.6 Å². The molecule has 0 N–H and O–H groups in total. The lowest BCUT2D eigenvalue weighted by molar-refractivity contribution is -0.121. The molecule has 0 aliphatic carbocycles. The molecule has 2 nitrogen and oxygen atoms in total. The van der Waals surface area contributed by atoms with E-state index < -0.39 is 5.60 Å². The van der Waals surface area contributed by atoms with E-state index in [4.69, 9.17) is 16.3 Å². The zero-order valence-corrected chi connectivity index (χ0v) is 5.60. The molecule has 0 saturated heterocycles. The summed E-state index contributed by atoms with van der Waals surface area (Å²) in [4.78, 5) is 10.3. The van der Waals surface area contributed by atoms with Gasteiger partial charge in [0.1, 0.15) is 0 Å². The molecule has 0 aromatic carbocycles. The summed E-state index contributed by atoms with van der Waals surface area (Å²) in [5, 5.41) is 0. The van der Waals surface area contributed by atoms with Gasteiger partial charge in [-0.2, -0.15) is 0 Å². The standard InChI is InChI=1S/C6H7ClO2/c7-4-6(5-8)2-1-3-9-6/h1,3,5H,2,4H2. The van der Waals surface area contributed by atoms with Gasteiger partial charge in [-0.15, -0.1) is 11.6 Å². The first-order valence-corrected chi connectivity index (χ1v) is 3.21. The number of alkyl halides is 1. The molecule has 0 aromatic rings. The molecule has 3 heteroatoms. The van der Waals surface area contributed by atoms with Crippen LogP contribution in [0.15, 0.2) is 12.3 Å². The van der Waals surface area contributed by atoms with Gasteiger partial charge in [0.25, 0.3) is 0 Å². The molecule has 1 atom stereocenters. The predicted molar refractivity (Wildman–Crippen MR) is 34.4 cm³/mol. The Bertz CT molecular complexity index is 134. The van der Waals surface area contributed by atoms with Crippen LogP contribution in [-0.2, 0) is 9.53 Å². The van der Waals surface area contributed by atoms with E-state index in [1.165, 1.54) is 6.26 Å². The Labute approximate surface area is 58.4 Å². The lowest BCUT2D eigenvalue weighted by atomic mass is 10.1. The molecule has 0 amide bonds. The van der Waals surface area contributed by atoms with Crippen LogP contribution in [0.25, 0.3) is 0 Å². The molecule has 1 heterocycles. The molecule has 1 aliphatic rings. The maximum absolute atomic E-state index is 10.3. The van der Waals surface area contributed by atoms with Gasteiger partial charge in [0, 0.05) is 6.42 Å². The molecule has 1 aliphatic heterocycles. The molecule has 50 valence electrons. The fourth-order valence-electron chi connectivity index (χ4n) is 0.673. The van der Waals surface area contributed by atoms with Gasteiger partial charge in [0.2, 0.25) is 0 Å². The Balaban J connectivity index is 2.60. The lowest BCUT2D eigenvalue weighted by Crippen LogP contribution is -2.31. The third-order valence-electron chi connectivity index (χ3n) is 1.30. The Morgan fingerprint density at radius 2 is 2.67 bits per heavy atom. The summed E-state index contributed by atoms with van der Waals surface area (Å²) in [6.45, 7) is 0. The third kappa shape index (κ3) is 1.08. The van der Waals surface area contributed by atoms with Crippen molar-refractivity contribution in [1.29, 1.82) is 0 Å². The fraction of sp³-hybridized carbons (Fsp3) is 0.500. The summed E-state index contributed by atoms with van der Waals surface area (Å²) < 4.78 is 4.96. The number of hydrogen-bond acceptors (Lipinski definition) is 2. The summed E-state index contributed by atoms with van der Waals surface area (Å²) in [7, 11) is 0. The maximum Gasteiger partial charge on any atom is 0.180 e. The van der Waals surface area contributed by atoms with Gasteiger partial charge in [-0.3, -0.25) is 4.79 Å². The normalized spacial score (nSPS) is 32.1. The minimum absolute atomic E-state index is 0.226. The van der Waals surface area contributed by atoms with Gasteiger partial charge in [0.05, 0.1) is 12.1 Å². The first-order valence-electron chi connectivity index (χ1n) is 2.68. The van der Waals surface area contributed by atoms with Crippen molar-refractivity contribution in [3.63, 3.8) is 0 Å². The van der Waals surface area contributed by atoms with Crippen LogP contribution in [-0.4, -0.2) is 17.8 Å². The topological polar surface area (TPSA) is 26.3 Å². The van der Waals surface area contributed by atoms with Gasteiger partial charge in [-0.1, -0.05) is 0 Å². The van der Waals surface area contributed by atoms with Crippen LogP contribution in [0.1, 0.15) is 6.42 Å². The van der Waals surface area contributed by atoms with Crippen LogP contribution in [0.3, 0.4) is 0 Å². The molecule has 0 aromatic heterocycles. The minimum atomic E-state index is -0.748. The highest BCUT2D eigenvalue weighted by Crippen LogP contribution is 2.21. The van der Waals surface area contributed by atoms with Crippen LogP contribution < -0.4 is 0 Å². The molecule has 1 rings (SSSR count). The summed E-state index contributed by atoms with van der Waals surface area (Å²) in [5.74, 6) is 0.226. The number of rotatable bonds is 2. The van der Waals surface area contributed by atoms with Crippen LogP contribution in [0.4, 0.5) is 0 Å². The number of hydrogen-bond donors (Lipinski definition) is 0. The second-order valence-corrected chi connectivity index (χ2v) is 2.28.